The molecule has 126 valence electrons. The van der Waals surface area contributed by atoms with Crippen LogP contribution in [0.15, 0.2) is 48.7 Å². The predicted octanol–water partition coefficient (Wildman–Crippen LogP) is 3.13. The number of hydrogen-bond acceptors (Lipinski definition) is 5. The summed E-state index contributed by atoms with van der Waals surface area (Å²) < 4.78 is 5.60. The smallest absolute Gasteiger partial charge is 0.267 e. The summed E-state index contributed by atoms with van der Waals surface area (Å²) in [6, 6.07) is 11.3. The van der Waals surface area contributed by atoms with Crippen LogP contribution >= 0.6 is 11.6 Å². The van der Waals surface area contributed by atoms with Gasteiger partial charge in [-0.1, -0.05) is 29.8 Å². The number of nitrogens with one attached hydrogen (secondary N) is 2. The summed E-state index contributed by atoms with van der Waals surface area (Å²) in [6.07, 6.45) is 5.06. The Balaban J connectivity index is 1.76. The third kappa shape index (κ3) is 5.91. The molecule has 1 heterocycles. The second kappa shape index (κ2) is 9.54. The average Bonchev–Trinajstić information content (AvgIpc) is 2.61. The van der Waals surface area contributed by atoms with Gasteiger partial charge in [0.25, 0.3) is 5.91 Å². The van der Waals surface area contributed by atoms with Gasteiger partial charge in [0.2, 0.25) is 0 Å². The molecule has 0 radical (unpaired) electrons. The fourth-order valence-electron chi connectivity index (χ4n) is 1.87. The number of anilines is 1. The van der Waals surface area contributed by atoms with Crippen LogP contribution in [0.5, 0.6) is 5.75 Å². The first-order valence-electron chi connectivity index (χ1n) is 7.38. The van der Waals surface area contributed by atoms with Gasteiger partial charge < -0.3 is 10.1 Å². The van der Waals surface area contributed by atoms with E-state index in [1.807, 2.05) is 30.3 Å². The molecule has 1 amide bonds. The quantitative estimate of drug-likeness (QED) is 0.296. The zero-order chi connectivity index (χ0) is 17.2. The molecule has 7 heteroatoms. The molecule has 3 N–H and O–H groups in total. The highest BCUT2D eigenvalue weighted by Gasteiger charge is 2.02. The van der Waals surface area contributed by atoms with E-state index in [1.54, 1.807) is 12.3 Å². The van der Waals surface area contributed by atoms with E-state index in [9.17, 15) is 4.79 Å². The summed E-state index contributed by atoms with van der Waals surface area (Å²) in [5, 5.41) is 12.0. The van der Waals surface area contributed by atoms with Crippen LogP contribution in [-0.2, 0) is 4.79 Å². The molecular weight excluding hydrogens is 330 g/mol. The van der Waals surface area contributed by atoms with E-state index in [0.717, 1.165) is 12.2 Å². The van der Waals surface area contributed by atoms with Gasteiger partial charge in [0.05, 0.1) is 11.6 Å². The Morgan fingerprint density at radius 3 is 2.83 bits per heavy atom. The lowest BCUT2D eigenvalue weighted by atomic mass is 10.2. The number of carbonyl (C=O) groups is 1. The van der Waals surface area contributed by atoms with E-state index in [0.29, 0.717) is 29.6 Å². The van der Waals surface area contributed by atoms with Crippen LogP contribution in [0, 0.1) is 0 Å². The van der Waals surface area contributed by atoms with Crippen molar-refractivity contribution in [3.63, 3.8) is 0 Å². The van der Waals surface area contributed by atoms with Crippen LogP contribution in [0.4, 0.5) is 5.82 Å². The van der Waals surface area contributed by atoms with Crippen molar-refractivity contribution in [3.05, 3.63) is 59.3 Å². The molecule has 1 aromatic heterocycles. The van der Waals surface area contributed by atoms with Crippen LogP contribution in [0.1, 0.15) is 12.0 Å². The highest BCUT2D eigenvalue weighted by Crippen LogP contribution is 2.20. The summed E-state index contributed by atoms with van der Waals surface area (Å²) >= 11 is 6.15. The van der Waals surface area contributed by atoms with Crippen LogP contribution in [0.2, 0.25) is 5.02 Å². The number of rotatable bonds is 8. The molecule has 0 atom stereocenters. The number of amides is 1. The SMILES string of the molecule is O=C(/C=C/c1cnc(NCCCOc2ccccc2)c(Cl)c1)NO. The number of ether oxygens (including phenoxy) is 1. The van der Waals surface area contributed by atoms with Gasteiger partial charge in [0, 0.05) is 18.8 Å². The third-order valence-electron chi connectivity index (χ3n) is 3.03. The van der Waals surface area contributed by atoms with Crippen LogP contribution in [0.3, 0.4) is 0 Å². The van der Waals surface area contributed by atoms with Crippen molar-refractivity contribution in [2.75, 3.05) is 18.5 Å². The summed E-state index contributed by atoms with van der Waals surface area (Å²) in [5.41, 5.74) is 2.16. The summed E-state index contributed by atoms with van der Waals surface area (Å²) in [5.74, 6) is 0.795. The molecule has 0 aliphatic heterocycles. The number of nitrogens with zero attached hydrogens (tertiary/aromatic N) is 1. The fraction of sp³-hybridized carbons (Fsp3) is 0.176. The third-order valence-corrected chi connectivity index (χ3v) is 3.31. The van der Waals surface area contributed by atoms with Crippen LogP contribution in [0.25, 0.3) is 6.08 Å². The van der Waals surface area contributed by atoms with Gasteiger partial charge in [0.15, 0.2) is 0 Å². The summed E-state index contributed by atoms with van der Waals surface area (Å²) in [4.78, 5) is 15.1. The molecule has 0 unspecified atom stereocenters. The van der Waals surface area contributed by atoms with Crippen molar-refractivity contribution >= 4 is 29.4 Å². The highest BCUT2D eigenvalue weighted by molar-refractivity contribution is 6.33. The number of pyridine rings is 1. The van der Waals surface area contributed by atoms with Crippen molar-refractivity contribution in [1.82, 2.24) is 10.5 Å². The maximum atomic E-state index is 10.9. The minimum absolute atomic E-state index is 0.450. The maximum Gasteiger partial charge on any atom is 0.267 e. The van der Waals surface area contributed by atoms with Crippen molar-refractivity contribution in [3.8, 4) is 5.75 Å². The lowest BCUT2D eigenvalue weighted by molar-refractivity contribution is -0.124. The molecule has 0 fully saturated rings. The molecule has 24 heavy (non-hydrogen) atoms. The Morgan fingerprint density at radius 2 is 2.12 bits per heavy atom. The van der Waals surface area contributed by atoms with Crippen LogP contribution in [-0.4, -0.2) is 29.3 Å². The molecule has 0 aliphatic rings. The van der Waals surface area contributed by atoms with E-state index in [1.165, 1.54) is 17.6 Å². The lowest BCUT2D eigenvalue weighted by Crippen LogP contribution is -2.14. The summed E-state index contributed by atoms with van der Waals surface area (Å²) in [6.45, 7) is 1.26. The van der Waals surface area contributed by atoms with E-state index in [-0.39, 0.29) is 0 Å². The van der Waals surface area contributed by atoms with Crippen molar-refractivity contribution in [1.29, 1.82) is 0 Å². The van der Waals surface area contributed by atoms with Gasteiger partial charge in [-0.15, -0.1) is 0 Å². The largest absolute Gasteiger partial charge is 0.494 e. The van der Waals surface area contributed by atoms with E-state index in [4.69, 9.17) is 21.5 Å². The van der Waals surface area contributed by atoms with Gasteiger partial charge in [-0.3, -0.25) is 10.0 Å². The molecule has 0 saturated carbocycles. The van der Waals surface area contributed by atoms with E-state index < -0.39 is 5.91 Å². The fourth-order valence-corrected chi connectivity index (χ4v) is 2.11. The Bertz CT molecular complexity index is 693. The lowest BCUT2D eigenvalue weighted by Gasteiger charge is -2.09. The second-order valence-corrected chi connectivity index (χ2v) is 5.26. The van der Waals surface area contributed by atoms with Crippen molar-refractivity contribution in [2.24, 2.45) is 0 Å². The molecule has 2 aromatic rings. The van der Waals surface area contributed by atoms with Crippen molar-refractivity contribution < 1.29 is 14.7 Å². The zero-order valence-electron chi connectivity index (χ0n) is 12.9. The monoisotopic (exact) mass is 347 g/mol. The highest BCUT2D eigenvalue weighted by atomic mass is 35.5. The molecular formula is C17H18ClN3O3. The minimum Gasteiger partial charge on any atom is -0.494 e. The first kappa shape index (κ1) is 17.8. The molecule has 0 saturated heterocycles. The molecule has 2 rings (SSSR count). The number of halogens is 1. The molecule has 0 bridgehead atoms. The molecule has 6 nitrogen and oxygen atoms in total. The second-order valence-electron chi connectivity index (χ2n) is 4.85. The molecule has 0 spiro atoms. The Labute approximate surface area is 145 Å². The van der Waals surface area contributed by atoms with Gasteiger partial charge in [0.1, 0.15) is 11.6 Å². The predicted molar refractivity (Wildman–Crippen MR) is 93.3 cm³/mol. The minimum atomic E-state index is -0.619. The number of para-hydroxylation sites is 1. The summed E-state index contributed by atoms with van der Waals surface area (Å²) in [7, 11) is 0. The van der Waals surface area contributed by atoms with Gasteiger partial charge in [-0.25, -0.2) is 10.5 Å². The van der Waals surface area contributed by atoms with Crippen LogP contribution < -0.4 is 15.5 Å². The number of carbonyl (C=O) groups excluding carboxylic acids is 1. The first-order chi connectivity index (χ1) is 11.7. The zero-order valence-corrected chi connectivity index (χ0v) is 13.7. The Hall–Kier alpha value is -2.57. The standard InChI is InChI=1S/C17H18ClN3O3/c18-15-11-13(7-8-16(22)21-23)12-20-17(15)19-9-4-10-24-14-5-2-1-3-6-14/h1-3,5-8,11-12,23H,4,9-10H2,(H,19,20)(H,21,22)/b8-7+. The topological polar surface area (TPSA) is 83.5 Å². The number of hydroxylamine groups is 1. The van der Waals surface area contributed by atoms with Crippen molar-refractivity contribution in [2.45, 2.75) is 6.42 Å². The van der Waals surface area contributed by atoms with E-state index >= 15 is 0 Å². The first-order valence-corrected chi connectivity index (χ1v) is 7.76. The number of aromatic nitrogens is 1. The van der Waals surface area contributed by atoms with Gasteiger partial charge in [-0.2, -0.15) is 0 Å². The maximum absolute atomic E-state index is 10.9. The Kier molecular flexibility index (Phi) is 7.07. The molecule has 0 aliphatic carbocycles. The normalized spacial score (nSPS) is 10.6. The van der Waals surface area contributed by atoms with Gasteiger partial charge >= 0.3 is 0 Å². The van der Waals surface area contributed by atoms with E-state index in [2.05, 4.69) is 10.3 Å². The Morgan fingerprint density at radius 1 is 1.33 bits per heavy atom. The average molecular weight is 348 g/mol. The number of benzene rings is 1. The number of hydrogen-bond donors (Lipinski definition) is 3. The molecule has 1 aromatic carbocycles. The van der Waals surface area contributed by atoms with Gasteiger partial charge in [-0.05, 0) is 36.3 Å².